The summed E-state index contributed by atoms with van der Waals surface area (Å²) in [6.45, 7) is 7.24. The lowest BCUT2D eigenvalue weighted by Gasteiger charge is -2.35. The Labute approximate surface area is 174 Å². The number of rotatable bonds is 6. The van der Waals surface area contributed by atoms with Gasteiger partial charge in [0, 0.05) is 56.6 Å². The number of nitro groups is 1. The zero-order chi connectivity index (χ0) is 21.0. The molecule has 29 heavy (non-hydrogen) atoms. The van der Waals surface area contributed by atoms with Crippen molar-refractivity contribution in [2.75, 3.05) is 31.1 Å². The van der Waals surface area contributed by atoms with E-state index < -0.39 is 4.92 Å². The molecule has 0 bridgehead atoms. The van der Waals surface area contributed by atoms with Crippen LogP contribution in [0.5, 0.6) is 0 Å². The van der Waals surface area contributed by atoms with Gasteiger partial charge >= 0.3 is 0 Å². The highest BCUT2D eigenvalue weighted by atomic mass is 35.5. The lowest BCUT2D eigenvalue weighted by atomic mass is 10.1. The molecule has 0 unspecified atom stereocenters. The maximum absolute atomic E-state index is 12.2. The Morgan fingerprint density at radius 2 is 1.97 bits per heavy atom. The Bertz CT molecular complexity index is 880. The van der Waals surface area contributed by atoms with Crippen LogP contribution in [0.3, 0.4) is 0 Å². The van der Waals surface area contributed by atoms with Gasteiger partial charge in [0.1, 0.15) is 5.69 Å². The minimum absolute atomic E-state index is 0.0376. The standard InChI is InChI=1S/C20H24ClN5O3/c1-14(2)23-20(27)15-3-6-18(19(11-15)26(28)29)25-9-7-24(8-10-25)13-17-5-4-16(21)12-22-17/h3-6,11-12,14H,7-10,13H2,1-2H3,(H,23,27). The SMILES string of the molecule is CC(C)NC(=O)c1ccc(N2CCN(Cc3ccc(Cl)cn3)CC2)c([N+](=O)[O-])c1. The summed E-state index contributed by atoms with van der Waals surface area (Å²) in [6.07, 6.45) is 1.63. The van der Waals surface area contributed by atoms with E-state index in [0.29, 0.717) is 35.9 Å². The van der Waals surface area contributed by atoms with Crippen molar-refractivity contribution in [2.45, 2.75) is 26.4 Å². The number of nitrogens with zero attached hydrogens (tertiary/aromatic N) is 4. The van der Waals surface area contributed by atoms with Crippen molar-refractivity contribution in [3.05, 3.63) is 62.9 Å². The zero-order valence-corrected chi connectivity index (χ0v) is 17.2. The number of carbonyl (C=O) groups excluding carboxylic acids is 1. The third-order valence-corrected chi connectivity index (χ3v) is 4.96. The number of halogens is 1. The third-order valence-electron chi connectivity index (χ3n) is 4.74. The lowest BCUT2D eigenvalue weighted by Crippen LogP contribution is -2.46. The molecule has 0 saturated carbocycles. The minimum Gasteiger partial charge on any atom is -0.363 e. The number of nitrogens with one attached hydrogen (secondary N) is 1. The second-order valence-corrected chi connectivity index (χ2v) is 7.76. The average molecular weight is 418 g/mol. The molecule has 2 heterocycles. The molecule has 1 amide bonds. The Morgan fingerprint density at radius 3 is 2.55 bits per heavy atom. The van der Waals surface area contributed by atoms with Crippen LogP contribution in [0.15, 0.2) is 36.5 Å². The molecule has 1 aromatic carbocycles. The van der Waals surface area contributed by atoms with Crippen molar-refractivity contribution in [3.63, 3.8) is 0 Å². The highest BCUT2D eigenvalue weighted by Gasteiger charge is 2.25. The number of piperazine rings is 1. The van der Waals surface area contributed by atoms with Gasteiger partial charge in [0.15, 0.2) is 0 Å². The van der Waals surface area contributed by atoms with E-state index in [-0.39, 0.29) is 17.6 Å². The molecule has 0 atom stereocenters. The number of pyridine rings is 1. The predicted octanol–water partition coefficient (Wildman–Crippen LogP) is 3.10. The first-order valence-corrected chi connectivity index (χ1v) is 9.88. The van der Waals surface area contributed by atoms with Gasteiger partial charge in [-0.2, -0.15) is 0 Å². The summed E-state index contributed by atoms with van der Waals surface area (Å²) >= 11 is 5.87. The Morgan fingerprint density at radius 1 is 1.24 bits per heavy atom. The molecule has 1 aromatic heterocycles. The fourth-order valence-electron chi connectivity index (χ4n) is 3.30. The van der Waals surface area contributed by atoms with Crippen LogP contribution >= 0.6 is 11.6 Å². The molecule has 0 spiro atoms. The second kappa shape index (κ2) is 9.19. The summed E-state index contributed by atoms with van der Waals surface area (Å²) in [5.41, 5.74) is 1.73. The molecule has 154 valence electrons. The Hall–Kier alpha value is -2.71. The van der Waals surface area contributed by atoms with Crippen molar-refractivity contribution >= 4 is 28.9 Å². The van der Waals surface area contributed by atoms with E-state index in [0.717, 1.165) is 18.8 Å². The molecule has 3 rings (SSSR count). The van der Waals surface area contributed by atoms with Crippen molar-refractivity contribution in [3.8, 4) is 0 Å². The Balaban J connectivity index is 1.68. The fraction of sp³-hybridized carbons (Fsp3) is 0.400. The van der Waals surface area contributed by atoms with Crippen molar-refractivity contribution in [1.82, 2.24) is 15.2 Å². The summed E-state index contributed by atoms with van der Waals surface area (Å²) in [5.74, 6) is -0.310. The van der Waals surface area contributed by atoms with Crippen LogP contribution in [-0.4, -0.2) is 52.9 Å². The van der Waals surface area contributed by atoms with Gasteiger partial charge in [0.2, 0.25) is 0 Å². The number of carbonyl (C=O) groups is 1. The summed E-state index contributed by atoms with van der Waals surface area (Å²) in [5, 5.41) is 15.0. The molecule has 1 aliphatic heterocycles. The predicted molar refractivity (Wildman–Crippen MR) is 112 cm³/mol. The summed E-state index contributed by atoms with van der Waals surface area (Å²) in [4.78, 5) is 31.9. The molecule has 1 aliphatic rings. The van der Waals surface area contributed by atoms with E-state index in [4.69, 9.17) is 11.6 Å². The highest BCUT2D eigenvalue weighted by molar-refractivity contribution is 6.30. The lowest BCUT2D eigenvalue weighted by molar-refractivity contribution is -0.384. The van der Waals surface area contributed by atoms with Gasteiger partial charge in [-0.15, -0.1) is 0 Å². The number of benzene rings is 1. The van der Waals surface area contributed by atoms with Gasteiger partial charge in [-0.05, 0) is 38.1 Å². The van der Waals surface area contributed by atoms with Gasteiger partial charge < -0.3 is 10.2 Å². The molecule has 0 radical (unpaired) electrons. The van der Waals surface area contributed by atoms with E-state index in [9.17, 15) is 14.9 Å². The number of nitro benzene ring substituents is 1. The Kier molecular flexibility index (Phi) is 6.66. The maximum atomic E-state index is 12.2. The van der Waals surface area contributed by atoms with E-state index in [1.54, 1.807) is 18.3 Å². The summed E-state index contributed by atoms with van der Waals surface area (Å²) in [7, 11) is 0. The molecule has 1 fully saturated rings. The summed E-state index contributed by atoms with van der Waals surface area (Å²) < 4.78 is 0. The van der Waals surface area contributed by atoms with E-state index in [1.165, 1.54) is 6.07 Å². The van der Waals surface area contributed by atoms with Crippen LogP contribution in [0.4, 0.5) is 11.4 Å². The fourth-order valence-corrected chi connectivity index (χ4v) is 3.41. The molecule has 1 saturated heterocycles. The minimum atomic E-state index is -0.425. The van der Waals surface area contributed by atoms with Crippen LogP contribution in [0.1, 0.15) is 29.9 Å². The number of aromatic nitrogens is 1. The number of anilines is 1. The summed E-state index contributed by atoms with van der Waals surface area (Å²) in [6, 6.07) is 8.36. The molecule has 0 aliphatic carbocycles. The van der Waals surface area contributed by atoms with E-state index in [1.807, 2.05) is 30.9 Å². The average Bonchev–Trinajstić information content (AvgIpc) is 2.69. The van der Waals surface area contributed by atoms with Gasteiger partial charge in [0.25, 0.3) is 11.6 Å². The first-order chi connectivity index (χ1) is 13.8. The highest BCUT2D eigenvalue weighted by Crippen LogP contribution is 2.30. The molecule has 8 nitrogen and oxygen atoms in total. The number of amides is 1. The van der Waals surface area contributed by atoms with Crippen molar-refractivity contribution in [1.29, 1.82) is 0 Å². The van der Waals surface area contributed by atoms with Crippen LogP contribution in [0, 0.1) is 10.1 Å². The van der Waals surface area contributed by atoms with Gasteiger partial charge in [-0.25, -0.2) is 0 Å². The second-order valence-electron chi connectivity index (χ2n) is 7.32. The molecule has 2 aromatic rings. The quantitative estimate of drug-likeness (QED) is 0.573. The van der Waals surface area contributed by atoms with Gasteiger partial charge in [0.05, 0.1) is 15.6 Å². The van der Waals surface area contributed by atoms with Crippen LogP contribution < -0.4 is 10.2 Å². The normalized spacial score (nSPS) is 14.8. The van der Waals surface area contributed by atoms with Gasteiger partial charge in [-0.3, -0.25) is 24.8 Å². The van der Waals surface area contributed by atoms with Crippen molar-refractivity contribution < 1.29 is 9.72 Å². The largest absolute Gasteiger partial charge is 0.363 e. The monoisotopic (exact) mass is 417 g/mol. The van der Waals surface area contributed by atoms with E-state index >= 15 is 0 Å². The molecular formula is C20H24ClN5O3. The van der Waals surface area contributed by atoms with Crippen LogP contribution in [-0.2, 0) is 6.54 Å². The topological polar surface area (TPSA) is 91.6 Å². The molecule has 1 N–H and O–H groups in total. The molecule has 9 heteroatoms. The molecular weight excluding hydrogens is 394 g/mol. The maximum Gasteiger partial charge on any atom is 0.293 e. The first kappa shape index (κ1) is 21.0. The van der Waals surface area contributed by atoms with Gasteiger partial charge in [-0.1, -0.05) is 11.6 Å². The van der Waals surface area contributed by atoms with E-state index in [2.05, 4.69) is 15.2 Å². The first-order valence-electron chi connectivity index (χ1n) is 9.50. The van der Waals surface area contributed by atoms with Crippen LogP contribution in [0.2, 0.25) is 5.02 Å². The van der Waals surface area contributed by atoms with Crippen molar-refractivity contribution in [2.24, 2.45) is 0 Å². The smallest absolute Gasteiger partial charge is 0.293 e. The number of hydrogen-bond acceptors (Lipinski definition) is 6. The number of hydrogen-bond donors (Lipinski definition) is 1. The van der Waals surface area contributed by atoms with Crippen LogP contribution in [0.25, 0.3) is 0 Å². The third kappa shape index (κ3) is 5.42. The zero-order valence-electron chi connectivity index (χ0n) is 16.5.